The number of aromatic nitrogens is 1. The molecule has 0 aliphatic carbocycles. The number of hydrogen-bond acceptors (Lipinski definition) is 3. The highest BCUT2D eigenvalue weighted by molar-refractivity contribution is 9.10. The lowest BCUT2D eigenvalue weighted by Gasteiger charge is -2.17. The van der Waals surface area contributed by atoms with Crippen molar-refractivity contribution in [3.8, 4) is 5.75 Å². The number of carbonyl (C=O) groups excluding carboxylic acids is 1. The van der Waals surface area contributed by atoms with Crippen LogP contribution >= 0.6 is 15.9 Å². The molecule has 0 radical (unpaired) electrons. The second kappa shape index (κ2) is 2.75. The van der Waals surface area contributed by atoms with Gasteiger partial charge in [-0.2, -0.15) is 0 Å². The first kappa shape index (κ1) is 7.54. The predicted octanol–water partition coefficient (Wildman–Crippen LogP) is 1.17. The van der Waals surface area contributed by atoms with Crippen molar-refractivity contribution in [1.29, 1.82) is 0 Å². The van der Waals surface area contributed by atoms with E-state index in [-0.39, 0.29) is 12.5 Å². The van der Waals surface area contributed by atoms with Crippen molar-refractivity contribution in [3.63, 3.8) is 0 Å². The van der Waals surface area contributed by atoms with E-state index >= 15 is 0 Å². The van der Waals surface area contributed by atoms with E-state index in [1.165, 1.54) is 0 Å². The number of anilines is 1. The van der Waals surface area contributed by atoms with Gasteiger partial charge < -0.3 is 10.1 Å². The topological polar surface area (TPSA) is 51.2 Å². The molecular formula is C7H5BrN2O2. The Bertz CT molecular complexity index is 340. The Hall–Kier alpha value is -1.10. The van der Waals surface area contributed by atoms with Gasteiger partial charge in [-0.1, -0.05) is 0 Å². The van der Waals surface area contributed by atoms with Gasteiger partial charge in [-0.3, -0.25) is 4.79 Å². The average molecular weight is 229 g/mol. The molecule has 0 atom stereocenters. The lowest BCUT2D eigenvalue weighted by molar-refractivity contribution is -0.118. The van der Waals surface area contributed by atoms with Crippen molar-refractivity contribution < 1.29 is 9.53 Å². The fourth-order valence-corrected chi connectivity index (χ4v) is 1.38. The quantitative estimate of drug-likeness (QED) is 0.726. The maximum absolute atomic E-state index is 10.8. The molecule has 0 aromatic carbocycles. The summed E-state index contributed by atoms with van der Waals surface area (Å²) in [5, 5.41) is 2.60. The number of nitrogens with one attached hydrogen (secondary N) is 1. The van der Waals surface area contributed by atoms with Crippen LogP contribution in [-0.2, 0) is 4.79 Å². The first-order chi connectivity index (χ1) is 5.77. The van der Waals surface area contributed by atoms with Crippen LogP contribution in [0.4, 0.5) is 5.82 Å². The molecule has 1 amide bonds. The summed E-state index contributed by atoms with van der Waals surface area (Å²) in [7, 11) is 0. The minimum Gasteiger partial charge on any atom is -0.479 e. The van der Waals surface area contributed by atoms with Crippen LogP contribution in [0.1, 0.15) is 0 Å². The van der Waals surface area contributed by atoms with Crippen LogP contribution in [0, 0.1) is 0 Å². The maximum atomic E-state index is 10.8. The smallest absolute Gasteiger partial charge is 0.263 e. The van der Waals surface area contributed by atoms with Gasteiger partial charge in [0.1, 0.15) is 0 Å². The highest BCUT2D eigenvalue weighted by Gasteiger charge is 2.18. The Balaban J connectivity index is 2.48. The molecule has 1 aromatic heterocycles. The van der Waals surface area contributed by atoms with E-state index < -0.39 is 0 Å². The zero-order valence-corrected chi connectivity index (χ0v) is 7.59. The summed E-state index contributed by atoms with van der Waals surface area (Å²) in [5.41, 5.74) is 0. The number of fused-ring (bicyclic) bond motifs is 1. The number of hydrogen-bond donors (Lipinski definition) is 1. The Kier molecular flexibility index (Phi) is 1.73. The molecule has 1 aliphatic rings. The van der Waals surface area contributed by atoms with E-state index in [0.717, 1.165) is 4.47 Å². The molecule has 2 rings (SSSR count). The standard InChI is InChI=1S/C7H5BrN2O2/c8-4-1-2-9-7-6(4)12-3-5(11)10-7/h1-2H,3H2,(H,9,10,11). The van der Waals surface area contributed by atoms with E-state index in [2.05, 4.69) is 26.2 Å². The summed E-state index contributed by atoms with van der Waals surface area (Å²) in [5.74, 6) is 0.894. The van der Waals surface area contributed by atoms with Crippen LogP contribution in [0.3, 0.4) is 0 Å². The Morgan fingerprint density at radius 2 is 2.50 bits per heavy atom. The van der Waals surface area contributed by atoms with Crippen LogP contribution in [0.25, 0.3) is 0 Å². The van der Waals surface area contributed by atoms with Crippen molar-refractivity contribution in [2.45, 2.75) is 0 Å². The molecule has 4 nitrogen and oxygen atoms in total. The molecular weight excluding hydrogens is 224 g/mol. The molecule has 0 bridgehead atoms. The number of rotatable bonds is 0. The fraction of sp³-hybridized carbons (Fsp3) is 0.143. The van der Waals surface area contributed by atoms with Crippen molar-refractivity contribution in [2.24, 2.45) is 0 Å². The molecule has 0 saturated carbocycles. The van der Waals surface area contributed by atoms with Crippen LogP contribution < -0.4 is 10.1 Å². The van der Waals surface area contributed by atoms with Crippen LogP contribution in [0.5, 0.6) is 5.75 Å². The van der Waals surface area contributed by atoms with Gasteiger partial charge in [0.25, 0.3) is 5.91 Å². The second-order valence-corrected chi connectivity index (χ2v) is 3.16. The van der Waals surface area contributed by atoms with Gasteiger partial charge >= 0.3 is 0 Å². The zero-order chi connectivity index (χ0) is 8.55. The SMILES string of the molecule is O=C1COc2c(Br)ccnc2N1. The van der Waals surface area contributed by atoms with Gasteiger partial charge in [-0.05, 0) is 22.0 Å². The third-order valence-corrected chi connectivity index (χ3v) is 2.09. The normalized spacial score (nSPS) is 14.6. The van der Waals surface area contributed by atoms with Crippen molar-refractivity contribution in [3.05, 3.63) is 16.7 Å². The molecule has 0 fully saturated rings. The number of nitrogens with zero attached hydrogens (tertiary/aromatic N) is 1. The summed E-state index contributed by atoms with van der Waals surface area (Å²) in [6, 6.07) is 1.76. The number of carbonyl (C=O) groups is 1. The number of ether oxygens (including phenoxy) is 1. The first-order valence-corrected chi connectivity index (χ1v) is 4.14. The molecule has 12 heavy (non-hydrogen) atoms. The van der Waals surface area contributed by atoms with Gasteiger partial charge in [0, 0.05) is 6.20 Å². The summed E-state index contributed by atoms with van der Waals surface area (Å²) in [6.45, 7) is 0.0529. The van der Waals surface area contributed by atoms with Crippen LogP contribution in [-0.4, -0.2) is 17.5 Å². The van der Waals surface area contributed by atoms with E-state index in [9.17, 15) is 4.79 Å². The van der Waals surface area contributed by atoms with Gasteiger partial charge in [0.2, 0.25) is 0 Å². The summed E-state index contributed by atoms with van der Waals surface area (Å²) in [4.78, 5) is 14.8. The largest absolute Gasteiger partial charge is 0.479 e. The fourth-order valence-electron chi connectivity index (χ4n) is 0.957. The molecule has 0 spiro atoms. The Morgan fingerprint density at radius 1 is 1.67 bits per heavy atom. The summed E-state index contributed by atoms with van der Waals surface area (Å²) < 4.78 is 5.94. The van der Waals surface area contributed by atoms with Gasteiger partial charge in [0.05, 0.1) is 4.47 Å². The zero-order valence-electron chi connectivity index (χ0n) is 6.00. The third-order valence-electron chi connectivity index (χ3n) is 1.46. The Labute approximate surface area is 77.1 Å². The summed E-state index contributed by atoms with van der Waals surface area (Å²) >= 11 is 3.29. The molecule has 1 aromatic rings. The molecule has 62 valence electrons. The van der Waals surface area contributed by atoms with Crippen molar-refractivity contribution in [1.82, 2.24) is 4.98 Å². The predicted molar refractivity (Wildman–Crippen MR) is 46.1 cm³/mol. The molecule has 5 heteroatoms. The minimum absolute atomic E-state index is 0.0529. The average Bonchev–Trinajstić information content (AvgIpc) is 2.04. The molecule has 0 unspecified atom stereocenters. The Morgan fingerprint density at radius 3 is 3.33 bits per heavy atom. The second-order valence-electron chi connectivity index (χ2n) is 2.31. The van der Waals surface area contributed by atoms with E-state index in [1.54, 1.807) is 12.3 Å². The lowest BCUT2D eigenvalue weighted by atomic mass is 10.4. The molecule has 0 saturated heterocycles. The molecule has 2 heterocycles. The highest BCUT2D eigenvalue weighted by Crippen LogP contribution is 2.32. The van der Waals surface area contributed by atoms with E-state index in [1.807, 2.05) is 0 Å². The maximum Gasteiger partial charge on any atom is 0.263 e. The minimum atomic E-state index is -0.173. The number of amides is 1. The third kappa shape index (κ3) is 1.16. The monoisotopic (exact) mass is 228 g/mol. The highest BCUT2D eigenvalue weighted by atomic mass is 79.9. The van der Waals surface area contributed by atoms with Gasteiger partial charge in [0.15, 0.2) is 18.2 Å². The van der Waals surface area contributed by atoms with Crippen molar-refractivity contribution in [2.75, 3.05) is 11.9 Å². The van der Waals surface area contributed by atoms with E-state index in [4.69, 9.17) is 4.74 Å². The lowest BCUT2D eigenvalue weighted by Crippen LogP contribution is -2.26. The number of pyridine rings is 1. The van der Waals surface area contributed by atoms with Gasteiger partial charge in [-0.15, -0.1) is 0 Å². The van der Waals surface area contributed by atoms with Crippen LogP contribution in [0.2, 0.25) is 0 Å². The van der Waals surface area contributed by atoms with E-state index in [0.29, 0.717) is 11.6 Å². The van der Waals surface area contributed by atoms with Crippen molar-refractivity contribution >= 4 is 27.7 Å². The number of halogens is 1. The molecule has 1 aliphatic heterocycles. The first-order valence-electron chi connectivity index (χ1n) is 3.34. The van der Waals surface area contributed by atoms with Gasteiger partial charge in [-0.25, -0.2) is 4.98 Å². The summed E-state index contributed by atoms with van der Waals surface area (Å²) in [6.07, 6.45) is 1.60. The van der Waals surface area contributed by atoms with Crippen LogP contribution in [0.15, 0.2) is 16.7 Å². The molecule has 1 N–H and O–H groups in total.